The molecule has 14 rings (SSSR count). The fraction of sp³-hybridized carbons (Fsp3) is 0.104. The third-order valence-corrected chi connectivity index (χ3v) is 17.3. The van der Waals surface area contributed by atoms with Gasteiger partial charge in [0.15, 0.2) is 0 Å². The Morgan fingerprint density at radius 3 is 1.43 bits per heavy atom. The molecule has 0 aliphatic heterocycles. The Bertz CT molecular complexity index is 3750. The molecule has 0 saturated heterocycles. The van der Waals surface area contributed by atoms with Crippen LogP contribution in [0.2, 0.25) is 0 Å². The van der Waals surface area contributed by atoms with Gasteiger partial charge in [-0.25, -0.2) is 0 Å². The molecule has 11 aromatic rings. The predicted octanol–water partition coefficient (Wildman–Crippen LogP) is 18.2. The van der Waals surface area contributed by atoms with E-state index in [9.17, 15) is 0 Å². The Morgan fingerprint density at radius 1 is 0.348 bits per heavy atom. The zero-order valence-electron chi connectivity index (χ0n) is 39.2. The molecule has 1 nitrogen and oxygen atoms in total. The van der Waals surface area contributed by atoms with Crippen molar-refractivity contribution >= 4 is 48.6 Å². The van der Waals surface area contributed by atoms with Crippen LogP contribution < -0.4 is 4.90 Å². The lowest BCUT2D eigenvalue weighted by Crippen LogP contribution is -2.28. The Morgan fingerprint density at radius 2 is 0.841 bits per heavy atom. The Hall–Kier alpha value is -7.78. The van der Waals surface area contributed by atoms with Gasteiger partial charge < -0.3 is 4.90 Å². The molecule has 0 saturated carbocycles. The van der Waals surface area contributed by atoms with E-state index in [4.69, 9.17) is 0 Å². The summed E-state index contributed by atoms with van der Waals surface area (Å²) in [5.41, 5.74) is 23.4. The van der Waals surface area contributed by atoms with Crippen molar-refractivity contribution in [3.05, 3.63) is 269 Å². The van der Waals surface area contributed by atoms with Crippen molar-refractivity contribution in [1.82, 2.24) is 0 Å². The van der Waals surface area contributed by atoms with Gasteiger partial charge in [0.2, 0.25) is 0 Å². The lowest BCUT2D eigenvalue weighted by atomic mass is 9.67. The standard InChI is InChI=1S/C67H49NS/c1-65(2)54-29-17-14-26-48(54)50-36-33-46(39-56(50)65)68(47-34-37-51-49-27-15-18-30-55(49)66(3,4)57(51)40-47)64-62-52-35-32-43(42-20-8-5-9-21-42)38-58(52)67(44-22-10-6-11-23-44,45-24-12-7-13-25-45)59(62)41-61-63(64)53-28-16-19-31-60(53)69-61/h5-41H,1-4H3. The number of anilines is 3. The second-order valence-corrected chi connectivity index (χ2v) is 21.4. The van der Waals surface area contributed by atoms with E-state index in [0.717, 1.165) is 11.4 Å². The lowest BCUT2D eigenvalue weighted by Gasteiger charge is -2.35. The van der Waals surface area contributed by atoms with Gasteiger partial charge in [-0.1, -0.05) is 210 Å². The smallest absolute Gasteiger partial charge is 0.0715 e. The van der Waals surface area contributed by atoms with Gasteiger partial charge in [0.25, 0.3) is 0 Å². The van der Waals surface area contributed by atoms with Gasteiger partial charge in [-0.05, 0) is 126 Å². The molecule has 1 heterocycles. The van der Waals surface area contributed by atoms with Crippen LogP contribution in [0.5, 0.6) is 0 Å². The van der Waals surface area contributed by atoms with Crippen LogP contribution >= 0.6 is 11.3 Å². The molecule has 2 heteroatoms. The first kappa shape index (κ1) is 40.3. The Labute approximate surface area is 408 Å². The molecule has 10 aromatic carbocycles. The topological polar surface area (TPSA) is 3.24 Å². The fourth-order valence-electron chi connectivity index (χ4n) is 12.9. The number of hydrogen-bond acceptors (Lipinski definition) is 2. The summed E-state index contributed by atoms with van der Waals surface area (Å²) in [6.45, 7) is 9.61. The Balaban J connectivity index is 1.16. The minimum absolute atomic E-state index is 0.186. The highest BCUT2D eigenvalue weighted by Gasteiger charge is 2.49. The molecule has 3 aliphatic carbocycles. The van der Waals surface area contributed by atoms with E-state index < -0.39 is 5.41 Å². The molecule has 328 valence electrons. The highest BCUT2D eigenvalue weighted by atomic mass is 32.1. The van der Waals surface area contributed by atoms with Crippen LogP contribution in [0.25, 0.3) is 64.7 Å². The van der Waals surface area contributed by atoms with Crippen molar-refractivity contribution in [1.29, 1.82) is 0 Å². The predicted molar refractivity (Wildman–Crippen MR) is 292 cm³/mol. The zero-order valence-corrected chi connectivity index (χ0v) is 40.0. The van der Waals surface area contributed by atoms with Crippen molar-refractivity contribution in [2.24, 2.45) is 0 Å². The van der Waals surface area contributed by atoms with Crippen LogP contribution in [-0.2, 0) is 16.2 Å². The quantitative estimate of drug-likeness (QED) is 0.161. The molecule has 0 radical (unpaired) electrons. The van der Waals surface area contributed by atoms with E-state index >= 15 is 0 Å². The van der Waals surface area contributed by atoms with Gasteiger partial charge in [-0.15, -0.1) is 11.3 Å². The third kappa shape index (κ3) is 5.52. The summed E-state index contributed by atoms with van der Waals surface area (Å²) in [7, 11) is 0. The van der Waals surface area contributed by atoms with Gasteiger partial charge >= 0.3 is 0 Å². The maximum absolute atomic E-state index is 2.67. The van der Waals surface area contributed by atoms with Crippen molar-refractivity contribution in [2.75, 3.05) is 4.90 Å². The molecule has 0 spiro atoms. The van der Waals surface area contributed by atoms with Crippen molar-refractivity contribution in [3.8, 4) is 44.5 Å². The summed E-state index contributed by atoms with van der Waals surface area (Å²) < 4.78 is 2.57. The summed E-state index contributed by atoms with van der Waals surface area (Å²) in [4.78, 5) is 2.67. The average Bonchev–Trinajstić information content (AvgIpc) is 4.06. The molecule has 0 amide bonds. The first-order valence-corrected chi connectivity index (χ1v) is 25.2. The van der Waals surface area contributed by atoms with E-state index in [-0.39, 0.29) is 10.8 Å². The fourth-order valence-corrected chi connectivity index (χ4v) is 14.1. The number of rotatable bonds is 6. The van der Waals surface area contributed by atoms with Crippen LogP contribution in [0.3, 0.4) is 0 Å². The minimum atomic E-state index is -0.633. The first-order chi connectivity index (χ1) is 33.7. The van der Waals surface area contributed by atoms with Crippen LogP contribution in [-0.4, -0.2) is 0 Å². The highest BCUT2D eigenvalue weighted by molar-refractivity contribution is 7.26. The van der Waals surface area contributed by atoms with Gasteiger partial charge in [-0.2, -0.15) is 0 Å². The van der Waals surface area contributed by atoms with Gasteiger partial charge in [0.1, 0.15) is 0 Å². The number of thiophene rings is 1. The molecule has 0 atom stereocenters. The summed E-state index contributed by atoms with van der Waals surface area (Å²) >= 11 is 1.92. The molecular weight excluding hydrogens is 851 g/mol. The number of nitrogens with zero attached hydrogens (tertiary/aromatic N) is 1. The molecular formula is C67H49NS. The van der Waals surface area contributed by atoms with Crippen LogP contribution in [0.15, 0.2) is 224 Å². The normalized spacial score (nSPS) is 15.0. The monoisotopic (exact) mass is 899 g/mol. The third-order valence-electron chi connectivity index (χ3n) is 16.1. The van der Waals surface area contributed by atoms with Gasteiger partial charge in [0, 0.05) is 47.9 Å². The SMILES string of the molecule is CC1(C)c2ccccc2-c2ccc(N(c3ccc4c(c3)C(C)(C)c3ccccc3-4)c3c4c(cc5sc6ccccc6c35)C(c3ccccc3)(c3ccccc3)c3cc(-c5ccccc5)ccc3-4)cc21. The molecule has 0 unspecified atom stereocenters. The van der Waals surface area contributed by atoms with E-state index in [1.807, 2.05) is 11.3 Å². The zero-order chi connectivity index (χ0) is 46.2. The van der Waals surface area contributed by atoms with Crippen LogP contribution in [0, 0.1) is 0 Å². The molecule has 69 heavy (non-hydrogen) atoms. The van der Waals surface area contributed by atoms with E-state index in [0.29, 0.717) is 0 Å². The van der Waals surface area contributed by atoms with Crippen molar-refractivity contribution in [3.63, 3.8) is 0 Å². The van der Waals surface area contributed by atoms with Crippen molar-refractivity contribution < 1.29 is 0 Å². The van der Waals surface area contributed by atoms with Gasteiger partial charge in [0.05, 0.1) is 11.1 Å². The number of hydrogen-bond donors (Lipinski definition) is 0. The molecule has 3 aliphatic rings. The van der Waals surface area contributed by atoms with E-state index in [1.54, 1.807) is 0 Å². The second-order valence-electron chi connectivity index (χ2n) is 20.4. The maximum Gasteiger partial charge on any atom is 0.0715 e. The van der Waals surface area contributed by atoms with Gasteiger partial charge in [-0.3, -0.25) is 0 Å². The molecule has 0 N–H and O–H groups in total. The second kappa shape index (κ2) is 14.6. The average molecular weight is 900 g/mol. The summed E-state index contributed by atoms with van der Waals surface area (Å²) in [5, 5.41) is 2.57. The molecule has 0 bridgehead atoms. The van der Waals surface area contributed by atoms with E-state index in [2.05, 4.69) is 257 Å². The largest absolute Gasteiger partial charge is 0.309 e. The minimum Gasteiger partial charge on any atom is -0.309 e. The summed E-state index contributed by atoms with van der Waals surface area (Å²) in [6.07, 6.45) is 0. The maximum atomic E-state index is 2.67. The van der Waals surface area contributed by atoms with E-state index in [1.165, 1.54) is 115 Å². The molecule has 0 fully saturated rings. The van der Waals surface area contributed by atoms with Crippen LogP contribution in [0.4, 0.5) is 17.1 Å². The lowest BCUT2D eigenvalue weighted by molar-refractivity contribution is 0.660. The Kier molecular flexibility index (Phi) is 8.54. The first-order valence-electron chi connectivity index (χ1n) is 24.3. The number of benzene rings is 10. The number of fused-ring (bicyclic) bond motifs is 12. The summed E-state index contributed by atoms with van der Waals surface area (Å²) in [5.74, 6) is 0. The molecule has 1 aromatic heterocycles. The van der Waals surface area contributed by atoms with Crippen molar-refractivity contribution in [2.45, 2.75) is 43.9 Å². The summed E-state index contributed by atoms with van der Waals surface area (Å²) in [6, 6.07) is 85.2. The van der Waals surface area contributed by atoms with Crippen LogP contribution in [0.1, 0.15) is 72.2 Å². The highest BCUT2D eigenvalue weighted by Crippen LogP contribution is 2.64.